The third kappa shape index (κ3) is 4.30. The van der Waals surface area contributed by atoms with E-state index in [0.29, 0.717) is 16.3 Å². The first-order valence-electron chi connectivity index (χ1n) is 7.37. The first-order chi connectivity index (χ1) is 11.3. The molecule has 0 saturated heterocycles. The Labute approximate surface area is 149 Å². The summed E-state index contributed by atoms with van der Waals surface area (Å²) in [6.45, 7) is 5.35. The molecule has 2 aromatic rings. The number of H-pyrrole nitrogens is 1. The van der Waals surface area contributed by atoms with Crippen LogP contribution in [0.25, 0.3) is 0 Å². The topological polar surface area (TPSA) is 71.2 Å². The summed E-state index contributed by atoms with van der Waals surface area (Å²) in [5, 5.41) is 3.30. The summed E-state index contributed by atoms with van der Waals surface area (Å²) >= 11 is 12.0. The Bertz CT molecular complexity index is 818. The van der Waals surface area contributed by atoms with Gasteiger partial charge in [-0.05, 0) is 44.5 Å². The summed E-state index contributed by atoms with van der Waals surface area (Å²) in [5.41, 5.74) is 1.91. The summed E-state index contributed by atoms with van der Waals surface area (Å²) in [5.74, 6) is -0.0263. The number of aromatic amines is 1. The van der Waals surface area contributed by atoms with E-state index in [9.17, 15) is 9.59 Å². The molecule has 7 heteroatoms. The Morgan fingerprint density at radius 1 is 1.33 bits per heavy atom. The third-order valence-electron chi connectivity index (χ3n) is 3.52. The van der Waals surface area contributed by atoms with Gasteiger partial charge in [0.2, 0.25) is 0 Å². The Morgan fingerprint density at radius 2 is 2.04 bits per heavy atom. The minimum Gasteiger partial charge on any atom is -0.479 e. The lowest BCUT2D eigenvalue weighted by atomic mass is 10.1. The van der Waals surface area contributed by atoms with Crippen LogP contribution >= 0.6 is 23.2 Å². The third-order valence-corrected chi connectivity index (χ3v) is 4.32. The van der Waals surface area contributed by atoms with Gasteiger partial charge < -0.3 is 15.0 Å². The Hall–Kier alpha value is -1.98. The van der Waals surface area contributed by atoms with Gasteiger partial charge in [0.15, 0.2) is 6.10 Å². The molecule has 1 heterocycles. The molecule has 0 radical (unpaired) electrons. The first kappa shape index (κ1) is 18.4. The second kappa shape index (κ2) is 7.73. The zero-order valence-electron chi connectivity index (χ0n) is 13.6. The first-order valence-corrected chi connectivity index (χ1v) is 8.13. The molecule has 0 aliphatic rings. The van der Waals surface area contributed by atoms with E-state index in [0.717, 1.165) is 11.3 Å². The summed E-state index contributed by atoms with van der Waals surface area (Å²) in [6, 6.07) is 6.80. The number of aromatic nitrogens is 1. The molecule has 24 heavy (non-hydrogen) atoms. The maximum Gasteiger partial charge on any atom is 0.261 e. The fourth-order valence-corrected chi connectivity index (χ4v) is 2.58. The lowest BCUT2D eigenvalue weighted by Crippen LogP contribution is -2.37. The van der Waals surface area contributed by atoms with Crippen molar-refractivity contribution in [2.75, 3.05) is 0 Å². The highest BCUT2D eigenvalue weighted by Crippen LogP contribution is 2.32. The minimum absolute atomic E-state index is 0.122. The van der Waals surface area contributed by atoms with Crippen LogP contribution in [0.2, 0.25) is 10.0 Å². The molecular weight excluding hydrogens is 351 g/mol. The van der Waals surface area contributed by atoms with Gasteiger partial charge in [-0.3, -0.25) is 9.59 Å². The molecule has 0 aliphatic carbocycles. The predicted molar refractivity (Wildman–Crippen MR) is 94.9 cm³/mol. The summed E-state index contributed by atoms with van der Waals surface area (Å²) in [6.07, 6.45) is -0.786. The molecular formula is C17H18Cl2N2O3. The van der Waals surface area contributed by atoms with Crippen LogP contribution in [0.5, 0.6) is 5.75 Å². The van der Waals surface area contributed by atoms with E-state index in [2.05, 4.69) is 10.3 Å². The van der Waals surface area contributed by atoms with Crippen molar-refractivity contribution in [2.45, 2.75) is 33.4 Å². The SMILES string of the molecule is Cc1cc(C)c(CNC(=O)[C@H](C)Oc2cccc(Cl)c2Cl)c(=O)[nH]1. The fourth-order valence-electron chi connectivity index (χ4n) is 2.24. The summed E-state index contributed by atoms with van der Waals surface area (Å²) in [7, 11) is 0. The van der Waals surface area contributed by atoms with Crippen molar-refractivity contribution >= 4 is 29.1 Å². The fraction of sp³-hybridized carbons (Fsp3) is 0.294. The maximum absolute atomic E-state index is 12.2. The van der Waals surface area contributed by atoms with Crippen LogP contribution < -0.4 is 15.6 Å². The molecule has 0 bridgehead atoms. The number of benzene rings is 1. The van der Waals surface area contributed by atoms with Crippen molar-refractivity contribution in [1.29, 1.82) is 0 Å². The number of hydrogen-bond donors (Lipinski definition) is 2. The molecule has 1 atom stereocenters. The molecule has 1 aromatic carbocycles. The van der Waals surface area contributed by atoms with Gasteiger partial charge in [0, 0.05) is 17.8 Å². The molecule has 0 saturated carbocycles. The second-order valence-corrected chi connectivity index (χ2v) is 6.26. The monoisotopic (exact) mass is 368 g/mol. The van der Waals surface area contributed by atoms with Gasteiger partial charge in [-0.15, -0.1) is 0 Å². The van der Waals surface area contributed by atoms with E-state index in [1.54, 1.807) is 32.0 Å². The molecule has 0 aliphatic heterocycles. The van der Waals surface area contributed by atoms with Gasteiger partial charge in [0.1, 0.15) is 10.8 Å². The molecule has 2 rings (SSSR count). The number of amides is 1. The molecule has 2 N–H and O–H groups in total. The molecule has 5 nitrogen and oxygen atoms in total. The van der Waals surface area contributed by atoms with Gasteiger partial charge in [-0.2, -0.15) is 0 Å². The summed E-state index contributed by atoms with van der Waals surface area (Å²) in [4.78, 5) is 26.8. The number of carbonyl (C=O) groups excluding carboxylic acids is 1. The molecule has 1 amide bonds. The van der Waals surface area contributed by atoms with Crippen LogP contribution in [0.15, 0.2) is 29.1 Å². The number of rotatable bonds is 5. The number of ether oxygens (including phenoxy) is 1. The van der Waals surface area contributed by atoms with E-state index in [4.69, 9.17) is 27.9 Å². The standard InChI is InChI=1S/C17H18Cl2N2O3/c1-9-7-10(2)21-17(23)12(9)8-20-16(22)11(3)24-14-6-4-5-13(18)15(14)19/h4-7,11H,8H2,1-3H3,(H,20,22)(H,21,23)/t11-/m0/s1. The van der Waals surface area contributed by atoms with Crippen LogP contribution in [-0.2, 0) is 11.3 Å². The normalized spacial score (nSPS) is 11.9. The van der Waals surface area contributed by atoms with E-state index < -0.39 is 6.10 Å². The highest BCUT2D eigenvalue weighted by Gasteiger charge is 2.17. The van der Waals surface area contributed by atoms with E-state index >= 15 is 0 Å². The molecule has 0 unspecified atom stereocenters. The largest absolute Gasteiger partial charge is 0.479 e. The van der Waals surface area contributed by atoms with Crippen molar-refractivity contribution in [3.8, 4) is 5.75 Å². The lowest BCUT2D eigenvalue weighted by Gasteiger charge is -2.16. The van der Waals surface area contributed by atoms with Crippen LogP contribution in [0.4, 0.5) is 0 Å². The smallest absolute Gasteiger partial charge is 0.261 e. The number of aryl methyl sites for hydroxylation is 2. The van der Waals surface area contributed by atoms with Gasteiger partial charge in [-0.25, -0.2) is 0 Å². The Balaban J connectivity index is 2.02. The highest BCUT2D eigenvalue weighted by molar-refractivity contribution is 6.42. The predicted octanol–water partition coefficient (Wildman–Crippen LogP) is 3.38. The molecule has 128 valence electrons. The zero-order chi connectivity index (χ0) is 17.9. The van der Waals surface area contributed by atoms with Crippen molar-refractivity contribution in [3.63, 3.8) is 0 Å². The van der Waals surface area contributed by atoms with Gasteiger partial charge in [0.25, 0.3) is 11.5 Å². The quantitative estimate of drug-likeness (QED) is 0.849. The highest BCUT2D eigenvalue weighted by atomic mass is 35.5. The Kier molecular flexibility index (Phi) is 5.91. The molecule has 0 fully saturated rings. The number of pyridine rings is 1. The maximum atomic E-state index is 12.2. The van der Waals surface area contributed by atoms with Crippen LogP contribution in [0, 0.1) is 13.8 Å². The molecule has 0 spiro atoms. The van der Waals surface area contributed by atoms with Crippen molar-refractivity contribution in [2.24, 2.45) is 0 Å². The van der Waals surface area contributed by atoms with Gasteiger partial charge in [-0.1, -0.05) is 29.3 Å². The minimum atomic E-state index is -0.786. The van der Waals surface area contributed by atoms with Crippen molar-refractivity contribution in [3.05, 3.63) is 61.5 Å². The van der Waals surface area contributed by atoms with Gasteiger partial charge >= 0.3 is 0 Å². The number of carbonyl (C=O) groups is 1. The van der Waals surface area contributed by atoms with Crippen LogP contribution in [0.1, 0.15) is 23.7 Å². The molecule has 1 aromatic heterocycles. The van der Waals surface area contributed by atoms with Crippen molar-refractivity contribution in [1.82, 2.24) is 10.3 Å². The average molecular weight is 369 g/mol. The van der Waals surface area contributed by atoms with E-state index in [-0.39, 0.29) is 23.0 Å². The lowest BCUT2D eigenvalue weighted by molar-refractivity contribution is -0.127. The number of halogens is 2. The average Bonchev–Trinajstić information content (AvgIpc) is 2.50. The summed E-state index contributed by atoms with van der Waals surface area (Å²) < 4.78 is 5.54. The number of hydrogen-bond acceptors (Lipinski definition) is 3. The van der Waals surface area contributed by atoms with E-state index in [1.165, 1.54) is 0 Å². The zero-order valence-corrected chi connectivity index (χ0v) is 15.1. The number of nitrogens with one attached hydrogen (secondary N) is 2. The van der Waals surface area contributed by atoms with Crippen LogP contribution in [0.3, 0.4) is 0 Å². The Morgan fingerprint density at radius 3 is 2.71 bits per heavy atom. The van der Waals surface area contributed by atoms with E-state index in [1.807, 2.05) is 13.0 Å². The second-order valence-electron chi connectivity index (χ2n) is 5.47. The van der Waals surface area contributed by atoms with Crippen LogP contribution in [-0.4, -0.2) is 17.0 Å². The van der Waals surface area contributed by atoms with Gasteiger partial charge in [0.05, 0.1) is 5.02 Å². The van der Waals surface area contributed by atoms with Crippen molar-refractivity contribution < 1.29 is 9.53 Å².